The van der Waals surface area contributed by atoms with Gasteiger partial charge in [-0.15, -0.1) is 11.8 Å². The number of thioether (sulfide) groups is 1. The van der Waals surface area contributed by atoms with Crippen LogP contribution in [0, 0.1) is 6.92 Å². The van der Waals surface area contributed by atoms with Gasteiger partial charge in [-0.05, 0) is 31.2 Å². The van der Waals surface area contributed by atoms with Gasteiger partial charge in [-0.1, -0.05) is 35.9 Å². The molecule has 0 spiro atoms. The van der Waals surface area contributed by atoms with E-state index in [4.69, 9.17) is 4.74 Å². The van der Waals surface area contributed by atoms with E-state index >= 15 is 0 Å². The summed E-state index contributed by atoms with van der Waals surface area (Å²) in [6.45, 7) is 1.45. The Morgan fingerprint density at radius 1 is 1.04 bits per heavy atom. The number of ether oxygens (including phenoxy) is 1. The highest BCUT2D eigenvalue weighted by atomic mass is 32.2. The fourth-order valence-electron chi connectivity index (χ4n) is 2.09. The van der Waals surface area contributed by atoms with E-state index in [0.717, 1.165) is 10.5 Å². The summed E-state index contributed by atoms with van der Waals surface area (Å²) < 4.78 is 4.98. The van der Waals surface area contributed by atoms with E-state index in [1.165, 1.54) is 23.7 Å². The van der Waals surface area contributed by atoms with Crippen LogP contribution in [-0.4, -0.2) is 48.6 Å². The van der Waals surface area contributed by atoms with Gasteiger partial charge >= 0.3 is 5.97 Å². The summed E-state index contributed by atoms with van der Waals surface area (Å²) in [5.41, 5.74) is 1.75. The lowest BCUT2D eigenvalue weighted by atomic mass is 10.2. The Hall–Kier alpha value is -2.80. The van der Waals surface area contributed by atoms with E-state index in [-0.39, 0.29) is 24.8 Å². The molecule has 0 heterocycles. The summed E-state index contributed by atoms with van der Waals surface area (Å²) in [4.78, 5) is 37.9. The SMILES string of the molecule is Cc1ccc(NC(=O)CN(C)C(=O)COC(=O)CSc2ccccc2)cc1. The van der Waals surface area contributed by atoms with Crippen LogP contribution in [0.1, 0.15) is 5.56 Å². The second-order valence-corrected chi connectivity index (χ2v) is 6.98. The lowest BCUT2D eigenvalue weighted by Gasteiger charge is -2.16. The van der Waals surface area contributed by atoms with Crippen molar-refractivity contribution < 1.29 is 19.1 Å². The van der Waals surface area contributed by atoms with Crippen LogP contribution in [0.3, 0.4) is 0 Å². The van der Waals surface area contributed by atoms with E-state index in [1.807, 2.05) is 49.4 Å². The standard InChI is InChI=1S/C20H22N2O4S/c1-15-8-10-16(11-9-15)21-18(23)12-22(2)19(24)13-26-20(25)14-27-17-6-4-3-5-7-17/h3-11H,12-14H2,1-2H3,(H,21,23). The fraction of sp³-hybridized carbons (Fsp3) is 0.250. The van der Waals surface area contributed by atoms with Crippen LogP contribution < -0.4 is 5.32 Å². The number of rotatable bonds is 8. The normalized spacial score (nSPS) is 10.1. The minimum Gasteiger partial charge on any atom is -0.455 e. The fourth-order valence-corrected chi connectivity index (χ4v) is 2.81. The molecule has 0 aliphatic rings. The molecule has 0 saturated heterocycles. The lowest BCUT2D eigenvalue weighted by Crippen LogP contribution is -2.37. The van der Waals surface area contributed by atoms with Crippen LogP contribution in [0.15, 0.2) is 59.5 Å². The molecule has 0 saturated carbocycles. The highest BCUT2D eigenvalue weighted by Crippen LogP contribution is 2.16. The van der Waals surface area contributed by atoms with E-state index in [0.29, 0.717) is 5.69 Å². The van der Waals surface area contributed by atoms with E-state index < -0.39 is 11.9 Å². The van der Waals surface area contributed by atoms with Gasteiger partial charge in [-0.25, -0.2) is 0 Å². The van der Waals surface area contributed by atoms with Crippen LogP contribution in [0.5, 0.6) is 0 Å². The monoisotopic (exact) mass is 386 g/mol. The molecule has 2 aromatic rings. The maximum Gasteiger partial charge on any atom is 0.316 e. The molecule has 0 aromatic heterocycles. The molecule has 0 fully saturated rings. The van der Waals surface area contributed by atoms with Crippen molar-refractivity contribution in [3.8, 4) is 0 Å². The van der Waals surface area contributed by atoms with Crippen molar-refractivity contribution in [2.24, 2.45) is 0 Å². The van der Waals surface area contributed by atoms with Crippen LogP contribution in [0.2, 0.25) is 0 Å². The Morgan fingerprint density at radius 2 is 1.70 bits per heavy atom. The lowest BCUT2D eigenvalue weighted by molar-refractivity contribution is -0.149. The minimum absolute atomic E-state index is 0.120. The molecule has 0 aliphatic carbocycles. The second-order valence-electron chi connectivity index (χ2n) is 5.93. The summed E-state index contributed by atoms with van der Waals surface area (Å²) in [5.74, 6) is -1.11. The van der Waals surface area contributed by atoms with Gasteiger partial charge in [0, 0.05) is 17.6 Å². The molecule has 1 N–H and O–H groups in total. The predicted octanol–water partition coefficient (Wildman–Crippen LogP) is 2.73. The molecule has 0 radical (unpaired) electrons. The van der Waals surface area contributed by atoms with Gasteiger partial charge in [0.1, 0.15) is 0 Å². The Labute approximate surface area is 162 Å². The Kier molecular flexibility index (Phi) is 7.88. The first-order valence-corrected chi connectivity index (χ1v) is 9.36. The van der Waals surface area contributed by atoms with Gasteiger partial charge in [0.15, 0.2) is 6.61 Å². The molecule has 7 heteroatoms. The minimum atomic E-state index is -0.477. The van der Waals surface area contributed by atoms with Crippen molar-refractivity contribution in [1.29, 1.82) is 0 Å². The maximum atomic E-state index is 12.0. The highest BCUT2D eigenvalue weighted by molar-refractivity contribution is 8.00. The number of nitrogens with zero attached hydrogens (tertiary/aromatic N) is 1. The average Bonchev–Trinajstić information content (AvgIpc) is 2.67. The van der Waals surface area contributed by atoms with Crippen molar-refractivity contribution in [3.63, 3.8) is 0 Å². The number of carbonyl (C=O) groups is 3. The molecule has 0 atom stereocenters. The topological polar surface area (TPSA) is 75.7 Å². The van der Waals surface area contributed by atoms with Gasteiger partial charge in [-0.2, -0.15) is 0 Å². The number of nitrogens with one attached hydrogen (secondary N) is 1. The number of esters is 1. The summed E-state index contributed by atoms with van der Waals surface area (Å²) in [6, 6.07) is 16.8. The number of benzene rings is 2. The van der Waals surface area contributed by atoms with Crippen molar-refractivity contribution in [3.05, 3.63) is 60.2 Å². The van der Waals surface area contributed by atoms with Crippen LogP contribution in [0.25, 0.3) is 0 Å². The van der Waals surface area contributed by atoms with Gasteiger partial charge in [0.05, 0.1) is 12.3 Å². The first-order valence-electron chi connectivity index (χ1n) is 8.38. The molecular formula is C20H22N2O4S. The summed E-state index contributed by atoms with van der Waals surface area (Å²) in [7, 11) is 1.49. The zero-order valence-corrected chi connectivity index (χ0v) is 16.1. The third-order valence-electron chi connectivity index (χ3n) is 3.60. The predicted molar refractivity (Wildman–Crippen MR) is 106 cm³/mol. The third kappa shape index (κ3) is 7.53. The van der Waals surface area contributed by atoms with Gasteiger partial charge in [0.2, 0.25) is 5.91 Å². The number of aryl methyl sites for hydroxylation is 1. The first kappa shape index (κ1) is 20.5. The largest absolute Gasteiger partial charge is 0.455 e. The molecule has 0 unspecified atom stereocenters. The molecule has 2 aromatic carbocycles. The molecule has 2 amide bonds. The molecule has 6 nitrogen and oxygen atoms in total. The first-order chi connectivity index (χ1) is 12.9. The van der Waals surface area contributed by atoms with Crippen molar-refractivity contribution in [1.82, 2.24) is 4.90 Å². The Morgan fingerprint density at radius 3 is 2.37 bits per heavy atom. The Bertz CT molecular complexity index is 778. The molecule has 142 valence electrons. The van der Waals surface area contributed by atoms with Crippen molar-refractivity contribution >= 4 is 35.2 Å². The summed E-state index contributed by atoms with van der Waals surface area (Å²) >= 11 is 1.34. The quantitative estimate of drug-likeness (QED) is 0.558. The van der Waals surface area contributed by atoms with E-state index in [1.54, 1.807) is 12.1 Å². The van der Waals surface area contributed by atoms with Crippen molar-refractivity contribution in [2.75, 3.05) is 31.3 Å². The smallest absolute Gasteiger partial charge is 0.316 e. The second kappa shape index (κ2) is 10.4. The number of amides is 2. The number of hydrogen-bond acceptors (Lipinski definition) is 5. The van der Waals surface area contributed by atoms with Gasteiger partial charge in [-0.3, -0.25) is 14.4 Å². The molecule has 0 aliphatic heterocycles. The van der Waals surface area contributed by atoms with Crippen LogP contribution >= 0.6 is 11.8 Å². The molecular weight excluding hydrogens is 364 g/mol. The Balaban J connectivity index is 1.69. The summed E-state index contributed by atoms with van der Waals surface area (Å²) in [6.07, 6.45) is 0. The zero-order chi connectivity index (χ0) is 19.6. The highest BCUT2D eigenvalue weighted by Gasteiger charge is 2.15. The van der Waals surface area contributed by atoms with E-state index in [2.05, 4.69) is 5.32 Å². The number of carbonyl (C=O) groups excluding carboxylic acids is 3. The average molecular weight is 386 g/mol. The van der Waals surface area contributed by atoms with Crippen molar-refractivity contribution in [2.45, 2.75) is 11.8 Å². The molecule has 27 heavy (non-hydrogen) atoms. The van der Waals surface area contributed by atoms with Gasteiger partial charge < -0.3 is 15.0 Å². The van der Waals surface area contributed by atoms with Crippen LogP contribution in [-0.2, 0) is 19.1 Å². The van der Waals surface area contributed by atoms with E-state index in [9.17, 15) is 14.4 Å². The summed E-state index contributed by atoms with van der Waals surface area (Å²) in [5, 5.41) is 2.71. The number of likely N-dealkylation sites (N-methyl/N-ethyl adjacent to an activating group) is 1. The number of hydrogen-bond donors (Lipinski definition) is 1. The van der Waals surface area contributed by atoms with Gasteiger partial charge in [0.25, 0.3) is 5.91 Å². The molecule has 0 bridgehead atoms. The maximum absolute atomic E-state index is 12.0. The zero-order valence-electron chi connectivity index (χ0n) is 15.3. The number of anilines is 1. The molecule has 2 rings (SSSR count). The third-order valence-corrected chi connectivity index (χ3v) is 4.58. The van der Waals surface area contributed by atoms with Crippen LogP contribution in [0.4, 0.5) is 5.69 Å².